The van der Waals surface area contributed by atoms with E-state index in [1.54, 1.807) is 0 Å². The maximum Gasteiger partial charge on any atom is 0.288 e. The van der Waals surface area contributed by atoms with Crippen molar-refractivity contribution < 1.29 is 9.90 Å². The molecular formula is C9H15N5O2. The number of rotatable bonds is 5. The molecule has 1 saturated carbocycles. The van der Waals surface area contributed by atoms with E-state index >= 15 is 0 Å². The second-order valence-electron chi connectivity index (χ2n) is 4.20. The average molecular weight is 225 g/mol. The quantitative estimate of drug-likeness (QED) is 0.527. The molecule has 1 heterocycles. The van der Waals surface area contributed by atoms with Gasteiger partial charge in [-0.2, -0.15) is 4.98 Å². The number of carbonyl (C=O) groups is 1. The zero-order valence-electron chi connectivity index (χ0n) is 8.86. The zero-order valence-corrected chi connectivity index (χ0v) is 8.86. The van der Waals surface area contributed by atoms with Crippen LogP contribution in [0.5, 0.6) is 0 Å². The normalized spacial score (nSPS) is 17.1. The molecule has 7 nitrogen and oxygen atoms in total. The van der Waals surface area contributed by atoms with Gasteiger partial charge in [0.2, 0.25) is 11.8 Å². The molecule has 2 rings (SSSR count). The number of aromatic nitrogens is 3. The number of anilines is 1. The Kier molecular flexibility index (Phi) is 2.78. The van der Waals surface area contributed by atoms with Crippen LogP contribution in [0.4, 0.5) is 5.95 Å². The summed E-state index contributed by atoms with van der Waals surface area (Å²) in [5.74, 6) is -0.132. The predicted molar refractivity (Wildman–Crippen MR) is 56.5 cm³/mol. The van der Waals surface area contributed by atoms with Gasteiger partial charge in [0.15, 0.2) is 0 Å². The maximum atomic E-state index is 11.6. The molecule has 0 unspecified atom stereocenters. The van der Waals surface area contributed by atoms with E-state index in [-0.39, 0.29) is 29.7 Å². The van der Waals surface area contributed by atoms with Gasteiger partial charge in [0.05, 0.1) is 0 Å². The van der Waals surface area contributed by atoms with E-state index in [0.717, 1.165) is 19.3 Å². The minimum Gasteiger partial charge on any atom is -0.396 e. The number of amides is 1. The third-order valence-corrected chi connectivity index (χ3v) is 2.94. The number of nitrogen functional groups attached to an aromatic ring is 1. The van der Waals surface area contributed by atoms with Crippen molar-refractivity contribution in [3.8, 4) is 0 Å². The number of nitrogens with one attached hydrogen (secondary N) is 2. The van der Waals surface area contributed by atoms with Gasteiger partial charge in [0, 0.05) is 13.2 Å². The summed E-state index contributed by atoms with van der Waals surface area (Å²) < 4.78 is 0. The molecule has 0 spiro atoms. The van der Waals surface area contributed by atoms with Crippen LogP contribution in [0.15, 0.2) is 0 Å². The summed E-state index contributed by atoms with van der Waals surface area (Å²) in [7, 11) is 0. The highest BCUT2D eigenvalue weighted by atomic mass is 16.3. The third kappa shape index (κ3) is 2.30. The van der Waals surface area contributed by atoms with Crippen LogP contribution in [0.1, 0.15) is 29.9 Å². The number of carbonyl (C=O) groups excluding carboxylic acids is 1. The summed E-state index contributed by atoms with van der Waals surface area (Å²) in [4.78, 5) is 15.3. The van der Waals surface area contributed by atoms with E-state index in [2.05, 4.69) is 20.5 Å². The number of aliphatic hydroxyl groups excluding tert-OH is 1. The van der Waals surface area contributed by atoms with Crippen LogP contribution in [-0.2, 0) is 0 Å². The molecule has 0 bridgehead atoms. The number of hydrogen-bond acceptors (Lipinski definition) is 5. The average Bonchev–Trinajstić information content (AvgIpc) is 2.89. The van der Waals surface area contributed by atoms with E-state index in [4.69, 9.17) is 10.8 Å². The molecule has 88 valence electrons. The predicted octanol–water partition coefficient (Wildman–Crippen LogP) is -0.721. The lowest BCUT2D eigenvalue weighted by molar-refractivity contribution is 0.0931. The van der Waals surface area contributed by atoms with Crippen molar-refractivity contribution in [2.24, 2.45) is 5.41 Å². The molecular weight excluding hydrogens is 210 g/mol. The second kappa shape index (κ2) is 4.09. The molecule has 1 aliphatic rings. The number of nitrogens with two attached hydrogens (primary N) is 1. The van der Waals surface area contributed by atoms with Crippen molar-refractivity contribution in [1.29, 1.82) is 0 Å². The molecule has 0 aromatic carbocycles. The first kappa shape index (κ1) is 10.9. The van der Waals surface area contributed by atoms with E-state index in [1.807, 2.05) is 0 Å². The van der Waals surface area contributed by atoms with Gasteiger partial charge in [-0.3, -0.25) is 9.89 Å². The number of hydrogen-bond donors (Lipinski definition) is 4. The Morgan fingerprint density at radius 3 is 2.88 bits per heavy atom. The zero-order chi connectivity index (χ0) is 11.6. The van der Waals surface area contributed by atoms with E-state index in [1.165, 1.54) is 0 Å². The van der Waals surface area contributed by atoms with Crippen LogP contribution in [0.25, 0.3) is 0 Å². The van der Waals surface area contributed by atoms with Crippen LogP contribution in [0.2, 0.25) is 0 Å². The molecule has 1 amide bonds. The van der Waals surface area contributed by atoms with Crippen LogP contribution >= 0.6 is 0 Å². The van der Waals surface area contributed by atoms with Gasteiger partial charge in [-0.25, -0.2) is 0 Å². The second-order valence-corrected chi connectivity index (χ2v) is 4.20. The monoisotopic (exact) mass is 225 g/mol. The number of aliphatic hydroxyl groups is 1. The lowest BCUT2D eigenvalue weighted by atomic mass is 10.0. The van der Waals surface area contributed by atoms with Crippen molar-refractivity contribution >= 4 is 11.9 Å². The summed E-state index contributed by atoms with van der Waals surface area (Å²) in [6.45, 7) is 0.720. The van der Waals surface area contributed by atoms with E-state index < -0.39 is 0 Å². The van der Waals surface area contributed by atoms with Gasteiger partial charge in [-0.1, -0.05) is 0 Å². The molecule has 0 aliphatic heterocycles. The standard InChI is InChI=1S/C9H15N5O2/c10-8-12-6(13-14-8)7(16)11-5-9(1-2-9)3-4-15/h15H,1-5H2,(H,11,16)(H3,10,12,13,14). The molecule has 1 aromatic heterocycles. The first-order valence-corrected chi connectivity index (χ1v) is 5.22. The van der Waals surface area contributed by atoms with Crippen LogP contribution < -0.4 is 11.1 Å². The van der Waals surface area contributed by atoms with Crippen LogP contribution in [0, 0.1) is 5.41 Å². The summed E-state index contributed by atoms with van der Waals surface area (Å²) >= 11 is 0. The Bertz CT molecular complexity index is 385. The third-order valence-electron chi connectivity index (χ3n) is 2.94. The smallest absolute Gasteiger partial charge is 0.288 e. The molecule has 7 heteroatoms. The topological polar surface area (TPSA) is 117 Å². The molecule has 0 saturated heterocycles. The number of aromatic amines is 1. The molecule has 16 heavy (non-hydrogen) atoms. The van der Waals surface area contributed by atoms with E-state index in [0.29, 0.717) is 6.54 Å². The van der Waals surface area contributed by atoms with Crippen LogP contribution in [0.3, 0.4) is 0 Å². The summed E-state index contributed by atoms with van der Waals surface area (Å²) in [6.07, 6.45) is 2.82. The largest absolute Gasteiger partial charge is 0.396 e. The van der Waals surface area contributed by atoms with Crippen molar-refractivity contribution in [2.75, 3.05) is 18.9 Å². The van der Waals surface area contributed by atoms with Crippen molar-refractivity contribution in [2.45, 2.75) is 19.3 Å². The Morgan fingerprint density at radius 2 is 2.38 bits per heavy atom. The Morgan fingerprint density at radius 1 is 1.62 bits per heavy atom. The number of H-pyrrole nitrogens is 1. The minimum absolute atomic E-state index is 0.0571. The summed E-state index contributed by atoms with van der Waals surface area (Å²) in [6, 6.07) is 0. The molecule has 0 atom stereocenters. The SMILES string of the molecule is Nc1n[nH]c(C(=O)NCC2(CCO)CC2)n1. The van der Waals surface area contributed by atoms with Crippen molar-refractivity contribution in [3.05, 3.63) is 5.82 Å². The van der Waals surface area contributed by atoms with Gasteiger partial charge in [-0.05, 0) is 24.7 Å². The first-order chi connectivity index (χ1) is 7.65. The maximum absolute atomic E-state index is 11.6. The molecule has 1 fully saturated rings. The van der Waals surface area contributed by atoms with Crippen molar-refractivity contribution in [3.63, 3.8) is 0 Å². The Balaban J connectivity index is 1.84. The van der Waals surface area contributed by atoms with Crippen molar-refractivity contribution in [1.82, 2.24) is 20.5 Å². The lowest BCUT2D eigenvalue weighted by Gasteiger charge is -2.13. The van der Waals surface area contributed by atoms with Gasteiger partial charge in [0.25, 0.3) is 5.91 Å². The fourth-order valence-corrected chi connectivity index (χ4v) is 1.66. The summed E-state index contributed by atoms with van der Waals surface area (Å²) in [5.41, 5.74) is 5.39. The summed E-state index contributed by atoms with van der Waals surface area (Å²) in [5, 5.41) is 17.7. The molecule has 1 aliphatic carbocycles. The van der Waals surface area contributed by atoms with Gasteiger partial charge in [0.1, 0.15) is 0 Å². The lowest BCUT2D eigenvalue weighted by Crippen LogP contribution is -2.31. The molecule has 5 N–H and O–H groups in total. The van der Waals surface area contributed by atoms with Gasteiger partial charge < -0.3 is 16.2 Å². The van der Waals surface area contributed by atoms with E-state index in [9.17, 15) is 4.79 Å². The minimum atomic E-state index is -0.312. The highest BCUT2D eigenvalue weighted by molar-refractivity contribution is 5.90. The Labute approximate surface area is 92.4 Å². The Hall–Kier alpha value is -1.63. The molecule has 1 aromatic rings. The molecule has 0 radical (unpaired) electrons. The fraction of sp³-hybridized carbons (Fsp3) is 0.667. The fourth-order valence-electron chi connectivity index (χ4n) is 1.66. The van der Waals surface area contributed by atoms with Crippen LogP contribution in [-0.4, -0.2) is 39.3 Å². The van der Waals surface area contributed by atoms with Gasteiger partial charge in [-0.15, -0.1) is 5.10 Å². The highest BCUT2D eigenvalue weighted by Gasteiger charge is 2.42. The number of nitrogens with zero attached hydrogens (tertiary/aromatic N) is 2. The first-order valence-electron chi connectivity index (χ1n) is 5.22. The highest BCUT2D eigenvalue weighted by Crippen LogP contribution is 2.47. The van der Waals surface area contributed by atoms with Gasteiger partial charge >= 0.3 is 0 Å².